The highest BCUT2D eigenvalue weighted by Crippen LogP contribution is 2.33. The second kappa shape index (κ2) is 6.87. The molecule has 4 heteroatoms. The lowest BCUT2D eigenvalue weighted by atomic mass is 10.2. The first-order chi connectivity index (χ1) is 8.08. The van der Waals surface area contributed by atoms with Crippen molar-refractivity contribution < 1.29 is 9.47 Å². The van der Waals surface area contributed by atoms with E-state index in [0.29, 0.717) is 5.92 Å². The van der Waals surface area contributed by atoms with Crippen molar-refractivity contribution in [3.05, 3.63) is 22.2 Å². The summed E-state index contributed by atoms with van der Waals surface area (Å²) in [5, 5.41) is 3.40. The lowest BCUT2D eigenvalue weighted by molar-refractivity contribution is 0.354. The third kappa shape index (κ3) is 4.21. The number of rotatable bonds is 6. The van der Waals surface area contributed by atoms with Crippen LogP contribution in [-0.2, 0) is 6.54 Å². The van der Waals surface area contributed by atoms with Crippen LogP contribution in [0.2, 0.25) is 0 Å². The van der Waals surface area contributed by atoms with Crippen LogP contribution < -0.4 is 14.8 Å². The lowest BCUT2D eigenvalue weighted by Crippen LogP contribution is -2.19. The standard InChI is InChI=1S/C13H20BrNO2/c1-9(2)7-15-8-10-5-12(16-3)13(17-4)6-11(10)14/h5-6,9,15H,7-8H2,1-4H3. The molecule has 0 saturated heterocycles. The maximum absolute atomic E-state index is 5.29. The van der Waals surface area contributed by atoms with E-state index in [9.17, 15) is 0 Å². The van der Waals surface area contributed by atoms with E-state index in [1.807, 2.05) is 12.1 Å². The maximum Gasteiger partial charge on any atom is 0.161 e. The zero-order chi connectivity index (χ0) is 12.8. The van der Waals surface area contributed by atoms with E-state index in [1.165, 1.54) is 5.56 Å². The molecule has 0 fully saturated rings. The zero-order valence-corrected chi connectivity index (χ0v) is 12.4. The fourth-order valence-corrected chi connectivity index (χ4v) is 1.99. The second-order valence-corrected chi connectivity index (χ2v) is 5.18. The van der Waals surface area contributed by atoms with Crippen LogP contribution in [0.25, 0.3) is 0 Å². The van der Waals surface area contributed by atoms with Gasteiger partial charge in [0.05, 0.1) is 14.2 Å². The van der Waals surface area contributed by atoms with E-state index in [-0.39, 0.29) is 0 Å². The summed E-state index contributed by atoms with van der Waals surface area (Å²) in [7, 11) is 3.29. The average Bonchev–Trinajstić information content (AvgIpc) is 2.30. The van der Waals surface area contributed by atoms with Crippen LogP contribution in [0.15, 0.2) is 16.6 Å². The minimum atomic E-state index is 0.647. The van der Waals surface area contributed by atoms with Crippen LogP contribution in [0.5, 0.6) is 11.5 Å². The Balaban J connectivity index is 2.78. The highest BCUT2D eigenvalue weighted by molar-refractivity contribution is 9.10. The Bertz CT molecular complexity index is 367. The van der Waals surface area contributed by atoms with E-state index < -0.39 is 0 Å². The first kappa shape index (κ1) is 14.3. The second-order valence-electron chi connectivity index (χ2n) is 4.32. The molecule has 0 aliphatic carbocycles. The number of nitrogens with one attached hydrogen (secondary N) is 1. The summed E-state index contributed by atoms with van der Waals surface area (Å²) < 4.78 is 11.6. The largest absolute Gasteiger partial charge is 0.493 e. The molecule has 0 unspecified atom stereocenters. The molecular formula is C13H20BrNO2. The normalized spacial score (nSPS) is 10.7. The Hall–Kier alpha value is -0.740. The molecule has 0 aliphatic heterocycles. The molecule has 0 spiro atoms. The van der Waals surface area contributed by atoms with Gasteiger partial charge in [0.1, 0.15) is 0 Å². The van der Waals surface area contributed by atoms with Gasteiger partial charge in [0.15, 0.2) is 11.5 Å². The van der Waals surface area contributed by atoms with E-state index in [1.54, 1.807) is 14.2 Å². The van der Waals surface area contributed by atoms with Crippen LogP contribution in [0.1, 0.15) is 19.4 Å². The van der Waals surface area contributed by atoms with Crippen molar-refractivity contribution in [3.63, 3.8) is 0 Å². The average molecular weight is 302 g/mol. The van der Waals surface area contributed by atoms with Crippen molar-refractivity contribution in [1.29, 1.82) is 0 Å². The van der Waals surface area contributed by atoms with Gasteiger partial charge < -0.3 is 14.8 Å². The van der Waals surface area contributed by atoms with Crippen LogP contribution in [-0.4, -0.2) is 20.8 Å². The highest BCUT2D eigenvalue weighted by Gasteiger charge is 2.09. The monoisotopic (exact) mass is 301 g/mol. The summed E-state index contributed by atoms with van der Waals surface area (Å²) in [6.07, 6.45) is 0. The maximum atomic E-state index is 5.29. The number of hydrogen-bond acceptors (Lipinski definition) is 3. The van der Waals surface area contributed by atoms with Crippen molar-refractivity contribution in [2.24, 2.45) is 5.92 Å². The number of halogens is 1. The summed E-state index contributed by atoms with van der Waals surface area (Å²) in [5.74, 6) is 2.15. The van der Waals surface area contributed by atoms with Gasteiger partial charge in [-0.25, -0.2) is 0 Å². The van der Waals surface area contributed by atoms with Crippen molar-refractivity contribution in [2.75, 3.05) is 20.8 Å². The fraction of sp³-hybridized carbons (Fsp3) is 0.538. The summed E-state index contributed by atoms with van der Waals surface area (Å²) in [4.78, 5) is 0. The van der Waals surface area contributed by atoms with E-state index in [0.717, 1.165) is 29.1 Å². The Morgan fingerprint density at radius 3 is 2.29 bits per heavy atom. The van der Waals surface area contributed by atoms with Gasteiger partial charge >= 0.3 is 0 Å². The van der Waals surface area contributed by atoms with E-state index in [4.69, 9.17) is 9.47 Å². The van der Waals surface area contributed by atoms with Gasteiger partial charge in [0.25, 0.3) is 0 Å². The van der Waals surface area contributed by atoms with Gasteiger partial charge in [-0.05, 0) is 30.2 Å². The smallest absolute Gasteiger partial charge is 0.161 e. The Morgan fingerprint density at radius 1 is 1.18 bits per heavy atom. The number of benzene rings is 1. The molecule has 1 aromatic rings. The van der Waals surface area contributed by atoms with Gasteiger partial charge in [0.2, 0.25) is 0 Å². The quantitative estimate of drug-likeness (QED) is 0.875. The van der Waals surface area contributed by atoms with Gasteiger partial charge in [-0.2, -0.15) is 0 Å². The van der Waals surface area contributed by atoms with Gasteiger partial charge in [-0.15, -0.1) is 0 Å². The van der Waals surface area contributed by atoms with Crippen LogP contribution in [0.3, 0.4) is 0 Å². The molecule has 17 heavy (non-hydrogen) atoms. The predicted molar refractivity (Wildman–Crippen MR) is 73.8 cm³/mol. The molecule has 0 bridgehead atoms. The fourth-order valence-electron chi connectivity index (χ4n) is 1.53. The Morgan fingerprint density at radius 2 is 1.76 bits per heavy atom. The van der Waals surface area contributed by atoms with E-state index in [2.05, 4.69) is 35.1 Å². The molecule has 96 valence electrons. The molecule has 0 radical (unpaired) electrons. The van der Waals surface area contributed by atoms with Crippen molar-refractivity contribution in [1.82, 2.24) is 5.32 Å². The third-order valence-corrected chi connectivity index (χ3v) is 3.16. The number of ether oxygens (including phenoxy) is 2. The number of methoxy groups -OCH3 is 2. The minimum absolute atomic E-state index is 0.647. The number of hydrogen-bond donors (Lipinski definition) is 1. The molecule has 0 aliphatic rings. The summed E-state index contributed by atoms with van der Waals surface area (Å²) in [6, 6.07) is 3.93. The summed E-state index contributed by atoms with van der Waals surface area (Å²) in [5.41, 5.74) is 1.17. The van der Waals surface area contributed by atoms with Gasteiger partial charge in [-0.1, -0.05) is 29.8 Å². The minimum Gasteiger partial charge on any atom is -0.493 e. The molecule has 0 heterocycles. The molecule has 0 saturated carbocycles. The van der Waals surface area contributed by atoms with Crippen LogP contribution in [0, 0.1) is 5.92 Å². The van der Waals surface area contributed by atoms with Crippen LogP contribution >= 0.6 is 15.9 Å². The molecule has 3 nitrogen and oxygen atoms in total. The zero-order valence-electron chi connectivity index (χ0n) is 10.8. The van der Waals surface area contributed by atoms with Gasteiger partial charge in [-0.3, -0.25) is 0 Å². The summed E-state index contributed by atoms with van der Waals surface area (Å²) >= 11 is 3.54. The molecule has 0 amide bonds. The third-order valence-electron chi connectivity index (χ3n) is 2.42. The summed E-state index contributed by atoms with van der Waals surface area (Å²) in [6.45, 7) is 6.20. The highest BCUT2D eigenvalue weighted by atomic mass is 79.9. The topological polar surface area (TPSA) is 30.5 Å². The predicted octanol–water partition coefficient (Wildman–Crippen LogP) is 3.21. The van der Waals surface area contributed by atoms with Crippen LogP contribution in [0.4, 0.5) is 0 Å². The molecule has 0 aromatic heterocycles. The van der Waals surface area contributed by atoms with Crippen molar-refractivity contribution in [3.8, 4) is 11.5 Å². The van der Waals surface area contributed by atoms with Crippen molar-refractivity contribution >= 4 is 15.9 Å². The molecule has 1 rings (SSSR count). The van der Waals surface area contributed by atoms with Crippen molar-refractivity contribution in [2.45, 2.75) is 20.4 Å². The molecular weight excluding hydrogens is 282 g/mol. The lowest BCUT2D eigenvalue weighted by Gasteiger charge is -2.13. The molecule has 1 N–H and O–H groups in total. The molecule has 0 atom stereocenters. The SMILES string of the molecule is COc1cc(Br)c(CNCC(C)C)cc1OC. The van der Waals surface area contributed by atoms with E-state index >= 15 is 0 Å². The first-order valence-corrected chi connectivity index (χ1v) is 6.49. The molecule has 1 aromatic carbocycles. The Kier molecular flexibility index (Phi) is 5.78. The van der Waals surface area contributed by atoms with Gasteiger partial charge in [0, 0.05) is 11.0 Å². The first-order valence-electron chi connectivity index (χ1n) is 5.69. The Labute approximate surface area is 112 Å².